The quantitative estimate of drug-likeness (QED) is 0.369. The van der Waals surface area contributed by atoms with E-state index in [2.05, 4.69) is 29.0 Å². The van der Waals surface area contributed by atoms with Gasteiger partial charge in [0.1, 0.15) is 23.6 Å². The molecule has 10 heteroatoms. The van der Waals surface area contributed by atoms with E-state index in [-0.39, 0.29) is 13.0 Å². The molecule has 0 saturated heterocycles. The Morgan fingerprint density at radius 2 is 1.79 bits per heavy atom. The van der Waals surface area contributed by atoms with Crippen molar-refractivity contribution in [2.75, 3.05) is 6.61 Å². The lowest BCUT2D eigenvalue weighted by Gasteiger charge is -2.17. The van der Waals surface area contributed by atoms with Crippen molar-refractivity contribution >= 4 is 17.5 Å². The minimum absolute atomic E-state index is 0.0980. The summed E-state index contributed by atoms with van der Waals surface area (Å²) < 4.78 is 11.2. The van der Waals surface area contributed by atoms with E-state index in [0.717, 1.165) is 28.8 Å². The molecule has 182 valence electrons. The maximum Gasteiger partial charge on any atom is 0.258 e. The van der Waals surface area contributed by atoms with E-state index in [9.17, 15) is 15.0 Å². The number of hydrogen-bond acceptors (Lipinski definition) is 8. The lowest BCUT2D eigenvalue weighted by molar-refractivity contribution is -0.127. The smallest absolute Gasteiger partial charge is 0.258 e. The molecule has 1 amide bonds. The predicted molar refractivity (Wildman–Crippen MR) is 127 cm³/mol. The molecule has 0 saturated carbocycles. The van der Waals surface area contributed by atoms with Gasteiger partial charge in [0.05, 0.1) is 6.10 Å². The number of hydrogen-bond donors (Lipinski definition) is 3. The largest absolute Gasteiger partial charge is 0.490 e. The maximum atomic E-state index is 10.9. The van der Waals surface area contributed by atoms with Crippen LogP contribution < -0.4 is 10.5 Å². The van der Waals surface area contributed by atoms with Gasteiger partial charge in [0.2, 0.25) is 11.7 Å². The molecule has 0 fully saturated rings. The molecule has 3 aromatic rings. The Hall–Kier alpha value is -3.01. The van der Waals surface area contributed by atoms with Crippen molar-refractivity contribution in [3.63, 3.8) is 0 Å². The number of halogens is 1. The van der Waals surface area contributed by atoms with Crippen LogP contribution in [-0.2, 0) is 11.2 Å². The summed E-state index contributed by atoms with van der Waals surface area (Å²) in [5, 5.41) is 24.0. The fourth-order valence-corrected chi connectivity index (χ4v) is 3.81. The van der Waals surface area contributed by atoms with Crippen LogP contribution in [0.1, 0.15) is 37.1 Å². The van der Waals surface area contributed by atoms with Crippen LogP contribution in [0.25, 0.3) is 22.8 Å². The number of ether oxygens (including phenoxy) is 1. The number of pyridine rings is 1. The molecule has 1 aromatic carbocycles. The highest BCUT2D eigenvalue weighted by Crippen LogP contribution is 2.31. The molecule has 0 aliphatic heterocycles. The van der Waals surface area contributed by atoms with Gasteiger partial charge in [-0.2, -0.15) is 4.98 Å². The van der Waals surface area contributed by atoms with Gasteiger partial charge >= 0.3 is 0 Å². The van der Waals surface area contributed by atoms with Gasteiger partial charge in [-0.15, -0.1) is 0 Å². The maximum absolute atomic E-state index is 10.9. The molecule has 0 aliphatic rings. The molecular weight excluding hydrogens is 460 g/mol. The first-order valence-corrected chi connectivity index (χ1v) is 11.3. The van der Waals surface area contributed by atoms with Crippen molar-refractivity contribution in [3.05, 3.63) is 46.2 Å². The topological polar surface area (TPSA) is 145 Å². The van der Waals surface area contributed by atoms with Gasteiger partial charge in [-0.1, -0.05) is 30.6 Å². The lowest BCUT2D eigenvalue weighted by Crippen LogP contribution is -2.33. The van der Waals surface area contributed by atoms with Crippen molar-refractivity contribution in [2.24, 2.45) is 11.7 Å². The second kappa shape index (κ2) is 10.9. The van der Waals surface area contributed by atoms with Gasteiger partial charge < -0.3 is 25.2 Å². The average Bonchev–Trinajstić information content (AvgIpc) is 3.22. The first-order chi connectivity index (χ1) is 16.0. The molecule has 34 heavy (non-hydrogen) atoms. The number of aryl methyl sites for hydroxylation is 2. The van der Waals surface area contributed by atoms with Crippen molar-refractivity contribution in [1.82, 2.24) is 15.1 Å². The Morgan fingerprint density at radius 1 is 1.12 bits per heavy atom. The van der Waals surface area contributed by atoms with Crippen LogP contribution in [0.5, 0.6) is 5.75 Å². The van der Waals surface area contributed by atoms with E-state index < -0.39 is 18.1 Å². The number of carbonyl (C=O) groups excluding carboxylic acids is 1. The Bertz CT molecular complexity index is 1140. The highest BCUT2D eigenvalue weighted by molar-refractivity contribution is 6.29. The van der Waals surface area contributed by atoms with Gasteiger partial charge in [0, 0.05) is 23.2 Å². The molecule has 0 aliphatic carbocycles. The predicted octanol–water partition coefficient (Wildman–Crippen LogP) is 3.24. The van der Waals surface area contributed by atoms with Crippen molar-refractivity contribution < 1.29 is 24.3 Å². The molecule has 0 bridgehead atoms. The number of nitrogens with two attached hydrogens (primary N) is 1. The summed E-state index contributed by atoms with van der Waals surface area (Å²) in [6, 6.07) is 7.30. The summed E-state index contributed by atoms with van der Waals surface area (Å²) in [6.07, 6.45) is -1.89. The fourth-order valence-electron chi connectivity index (χ4n) is 3.58. The first-order valence-electron chi connectivity index (χ1n) is 10.9. The number of nitrogens with zero attached hydrogens (tertiary/aromatic N) is 3. The normalized spacial score (nSPS) is 13.2. The Kier molecular flexibility index (Phi) is 8.24. The molecule has 4 N–H and O–H groups in total. The number of rotatable bonds is 10. The van der Waals surface area contributed by atoms with Crippen LogP contribution in [0, 0.1) is 19.8 Å². The number of aliphatic hydroxyl groups is 2. The van der Waals surface area contributed by atoms with Crippen LogP contribution in [0.3, 0.4) is 0 Å². The first kappa shape index (κ1) is 25.6. The summed E-state index contributed by atoms with van der Waals surface area (Å²) in [6.45, 7) is 7.84. The molecule has 3 rings (SSSR count). The molecular formula is C24H29ClN4O5. The zero-order valence-electron chi connectivity index (χ0n) is 19.6. The highest BCUT2D eigenvalue weighted by atomic mass is 35.5. The zero-order chi connectivity index (χ0) is 25.0. The summed E-state index contributed by atoms with van der Waals surface area (Å²) >= 11 is 6.19. The molecule has 2 atom stereocenters. The molecule has 9 nitrogen and oxygen atoms in total. The van der Waals surface area contributed by atoms with Crippen LogP contribution in [0.4, 0.5) is 0 Å². The lowest BCUT2D eigenvalue weighted by atomic mass is 10.0. The summed E-state index contributed by atoms with van der Waals surface area (Å²) in [4.78, 5) is 19.8. The van der Waals surface area contributed by atoms with E-state index in [1.165, 1.54) is 0 Å². The van der Waals surface area contributed by atoms with E-state index in [1.54, 1.807) is 6.07 Å². The van der Waals surface area contributed by atoms with Crippen LogP contribution in [-0.4, -0.2) is 50.1 Å². The fraction of sp³-hybridized carbons (Fsp3) is 0.417. The van der Waals surface area contributed by atoms with Crippen molar-refractivity contribution in [1.29, 1.82) is 0 Å². The Balaban J connectivity index is 1.77. The van der Waals surface area contributed by atoms with Crippen molar-refractivity contribution in [2.45, 2.75) is 52.7 Å². The molecule has 2 heterocycles. The number of aliphatic hydroxyl groups excluding tert-OH is 2. The van der Waals surface area contributed by atoms with Gasteiger partial charge in [-0.25, -0.2) is 4.98 Å². The second-order valence-electron chi connectivity index (χ2n) is 8.75. The molecule has 0 radical (unpaired) electrons. The van der Waals surface area contributed by atoms with E-state index in [0.29, 0.717) is 34.1 Å². The highest BCUT2D eigenvalue weighted by Gasteiger charge is 2.19. The number of benzene rings is 1. The van der Waals surface area contributed by atoms with Gasteiger partial charge in [-0.3, -0.25) is 4.79 Å². The van der Waals surface area contributed by atoms with Gasteiger partial charge in [0.15, 0.2) is 0 Å². The Morgan fingerprint density at radius 3 is 2.41 bits per heavy atom. The van der Waals surface area contributed by atoms with Gasteiger partial charge in [-0.05, 0) is 61.6 Å². The molecule has 1 unspecified atom stereocenters. The number of amides is 1. The molecule has 0 spiro atoms. The van der Waals surface area contributed by atoms with E-state index >= 15 is 0 Å². The van der Waals surface area contributed by atoms with Crippen LogP contribution >= 0.6 is 11.6 Å². The summed E-state index contributed by atoms with van der Waals surface area (Å²) in [5.74, 6) is 0.879. The third kappa shape index (κ3) is 6.53. The van der Waals surface area contributed by atoms with E-state index in [4.69, 9.17) is 26.6 Å². The summed E-state index contributed by atoms with van der Waals surface area (Å²) in [5.41, 5.74) is 8.92. The van der Waals surface area contributed by atoms with Crippen LogP contribution in [0.2, 0.25) is 5.15 Å². The minimum Gasteiger partial charge on any atom is -0.490 e. The summed E-state index contributed by atoms with van der Waals surface area (Å²) in [7, 11) is 0. The van der Waals surface area contributed by atoms with Crippen LogP contribution in [0.15, 0.2) is 28.8 Å². The van der Waals surface area contributed by atoms with Gasteiger partial charge in [0.25, 0.3) is 5.89 Å². The standard InChI is InChI=1S/C24H29ClN4O5/c1-12(2)5-17-8-16(9-20(25)27-17)24-28-23(29-34-24)15-6-13(3)21(14(4)7-15)33-11-18(30)10-19(31)22(26)32/h6-9,12,18-19,30-31H,5,10-11H2,1-4H3,(H2,26,32)/t18-,19?/m1/s1. The number of aromatic nitrogens is 3. The minimum atomic E-state index is -1.42. The SMILES string of the molecule is Cc1cc(-c2noc(-c3cc(Cl)nc(CC(C)C)c3)n2)cc(C)c1OC[C@H](O)CC(O)C(N)=O. The monoisotopic (exact) mass is 488 g/mol. The average molecular weight is 489 g/mol. The number of primary amides is 1. The van der Waals surface area contributed by atoms with E-state index in [1.807, 2.05) is 32.0 Å². The zero-order valence-corrected chi connectivity index (χ0v) is 20.3. The third-order valence-corrected chi connectivity index (χ3v) is 5.29. The molecule has 2 aromatic heterocycles. The Labute approximate surface area is 202 Å². The second-order valence-corrected chi connectivity index (χ2v) is 9.14. The third-order valence-electron chi connectivity index (χ3n) is 5.10. The number of carbonyl (C=O) groups is 1. The van der Waals surface area contributed by atoms with Crippen molar-refractivity contribution in [3.8, 4) is 28.6 Å².